The minimum Gasteiger partial charge on any atom is -0.331 e. The van der Waals surface area contributed by atoms with Gasteiger partial charge in [0.2, 0.25) is 0 Å². The highest BCUT2D eigenvalue weighted by Gasteiger charge is 2.35. The molecule has 2 atom stereocenters. The second kappa shape index (κ2) is 5.04. The van der Waals surface area contributed by atoms with Gasteiger partial charge in [0.05, 0.1) is 6.33 Å². The highest BCUT2D eigenvalue weighted by Crippen LogP contribution is 2.36. The molecule has 2 aliphatic rings. The van der Waals surface area contributed by atoms with Gasteiger partial charge >= 0.3 is 0 Å². The zero-order chi connectivity index (χ0) is 12.5. The molecule has 2 fully saturated rings. The molecule has 18 heavy (non-hydrogen) atoms. The van der Waals surface area contributed by atoms with Crippen molar-refractivity contribution in [2.75, 3.05) is 0 Å². The highest BCUT2D eigenvalue weighted by molar-refractivity contribution is 5.09. The normalized spacial score (nSPS) is 31.2. The molecule has 3 rings (SSSR count). The number of rotatable bonds is 4. The van der Waals surface area contributed by atoms with Crippen molar-refractivity contribution in [2.45, 2.75) is 76.4 Å². The lowest BCUT2D eigenvalue weighted by atomic mass is 9.96. The van der Waals surface area contributed by atoms with Gasteiger partial charge in [0, 0.05) is 35.9 Å². The van der Waals surface area contributed by atoms with Gasteiger partial charge in [-0.3, -0.25) is 0 Å². The summed E-state index contributed by atoms with van der Waals surface area (Å²) in [4.78, 5) is 4.43. The number of fused-ring (bicyclic) bond motifs is 2. The summed E-state index contributed by atoms with van der Waals surface area (Å²) < 4.78 is 2.49. The molecular weight excluding hydrogens is 222 g/mol. The summed E-state index contributed by atoms with van der Waals surface area (Å²) in [7, 11) is 0. The summed E-state index contributed by atoms with van der Waals surface area (Å²) in [5.41, 5.74) is 1.46. The quantitative estimate of drug-likeness (QED) is 0.885. The second-order valence-electron chi connectivity index (χ2n) is 6.00. The largest absolute Gasteiger partial charge is 0.331 e. The molecule has 0 saturated carbocycles. The Morgan fingerprint density at radius 2 is 1.94 bits per heavy atom. The third kappa shape index (κ3) is 2.09. The van der Waals surface area contributed by atoms with E-state index in [0.29, 0.717) is 12.0 Å². The van der Waals surface area contributed by atoms with Crippen molar-refractivity contribution in [3.63, 3.8) is 0 Å². The molecule has 0 radical (unpaired) electrons. The van der Waals surface area contributed by atoms with E-state index >= 15 is 0 Å². The molecular formula is C15H25N3. The topological polar surface area (TPSA) is 29.9 Å². The second-order valence-corrected chi connectivity index (χ2v) is 6.00. The summed E-state index contributed by atoms with van der Waals surface area (Å²) >= 11 is 0. The van der Waals surface area contributed by atoms with E-state index in [1.54, 1.807) is 0 Å². The minimum atomic E-state index is 0.681. The zero-order valence-electron chi connectivity index (χ0n) is 11.6. The fourth-order valence-corrected chi connectivity index (χ4v) is 3.90. The monoisotopic (exact) mass is 247 g/mol. The molecule has 0 spiro atoms. The van der Waals surface area contributed by atoms with Crippen LogP contribution in [0.4, 0.5) is 0 Å². The lowest BCUT2D eigenvalue weighted by Gasteiger charge is -2.32. The van der Waals surface area contributed by atoms with Gasteiger partial charge in [-0.15, -0.1) is 0 Å². The van der Waals surface area contributed by atoms with E-state index in [9.17, 15) is 0 Å². The Hall–Kier alpha value is -0.830. The van der Waals surface area contributed by atoms with Crippen LogP contribution < -0.4 is 5.32 Å². The van der Waals surface area contributed by atoms with E-state index in [4.69, 9.17) is 0 Å². The molecule has 2 aliphatic heterocycles. The average Bonchev–Trinajstić information content (AvgIpc) is 2.98. The van der Waals surface area contributed by atoms with Crippen LogP contribution in [-0.2, 0) is 0 Å². The average molecular weight is 247 g/mol. The number of hydrogen-bond acceptors (Lipinski definition) is 2. The van der Waals surface area contributed by atoms with Gasteiger partial charge in [-0.1, -0.05) is 13.8 Å². The van der Waals surface area contributed by atoms with Crippen LogP contribution in [0.25, 0.3) is 0 Å². The van der Waals surface area contributed by atoms with Crippen molar-refractivity contribution in [1.82, 2.24) is 14.9 Å². The van der Waals surface area contributed by atoms with E-state index in [2.05, 4.69) is 41.2 Å². The molecule has 3 heteroatoms. The Kier molecular flexibility index (Phi) is 3.42. The molecule has 100 valence electrons. The van der Waals surface area contributed by atoms with Crippen LogP contribution in [-0.4, -0.2) is 21.6 Å². The first-order chi connectivity index (χ1) is 8.81. The molecule has 3 heterocycles. The molecule has 1 aromatic rings. The van der Waals surface area contributed by atoms with E-state index in [0.717, 1.165) is 12.1 Å². The lowest BCUT2D eigenvalue weighted by molar-refractivity contribution is 0.290. The number of nitrogens with one attached hydrogen (secondary N) is 1. The van der Waals surface area contributed by atoms with Crippen LogP contribution in [0.5, 0.6) is 0 Å². The summed E-state index contributed by atoms with van der Waals surface area (Å²) in [6, 6.07) is 2.19. The molecule has 2 bridgehead atoms. The van der Waals surface area contributed by atoms with Gasteiger partial charge in [-0.2, -0.15) is 0 Å². The Morgan fingerprint density at radius 1 is 1.28 bits per heavy atom. The standard InChI is InChI=1S/C15H25N3/c1-3-11(4-2)15-9-16-10-18(15)14-7-12-5-6-13(8-14)17-12/h9-14,17H,3-8H2,1-2H3. The smallest absolute Gasteiger partial charge is 0.0950 e. The zero-order valence-corrected chi connectivity index (χ0v) is 11.6. The molecule has 2 unspecified atom stereocenters. The van der Waals surface area contributed by atoms with Crippen molar-refractivity contribution in [3.05, 3.63) is 18.2 Å². The lowest BCUT2D eigenvalue weighted by Crippen LogP contribution is -2.39. The Bertz CT molecular complexity index is 382. The molecule has 1 aromatic heterocycles. The van der Waals surface area contributed by atoms with E-state index in [1.807, 2.05) is 0 Å². The molecule has 3 nitrogen and oxygen atoms in total. The summed E-state index contributed by atoms with van der Waals surface area (Å²) in [5.74, 6) is 0.681. The molecule has 0 amide bonds. The first-order valence-corrected chi connectivity index (χ1v) is 7.59. The molecule has 1 N–H and O–H groups in total. The maximum absolute atomic E-state index is 4.43. The summed E-state index contributed by atoms with van der Waals surface area (Å²) in [6.07, 6.45) is 11.9. The molecule has 0 aromatic carbocycles. The van der Waals surface area contributed by atoms with Gasteiger partial charge in [0.15, 0.2) is 0 Å². The van der Waals surface area contributed by atoms with Crippen LogP contribution >= 0.6 is 0 Å². The third-order valence-electron chi connectivity index (χ3n) is 4.94. The maximum atomic E-state index is 4.43. The van der Waals surface area contributed by atoms with Crippen molar-refractivity contribution >= 4 is 0 Å². The predicted molar refractivity (Wildman–Crippen MR) is 73.8 cm³/mol. The van der Waals surface area contributed by atoms with Gasteiger partial charge in [0.25, 0.3) is 0 Å². The number of imidazole rings is 1. The van der Waals surface area contributed by atoms with Crippen molar-refractivity contribution < 1.29 is 0 Å². The van der Waals surface area contributed by atoms with Crippen LogP contribution in [0, 0.1) is 0 Å². The first-order valence-electron chi connectivity index (χ1n) is 7.59. The van der Waals surface area contributed by atoms with Crippen molar-refractivity contribution in [2.24, 2.45) is 0 Å². The maximum Gasteiger partial charge on any atom is 0.0950 e. The SMILES string of the molecule is CCC(CC)c1cncn1C1CC2CCC(C1)N2. The van der Waals surface area contributed by atoms with Crippen LogP contribution in [0.3, 0.4) is 0 Å². The number of aromatic nitrogens is 2. The van der Waals surface area contributed by atoms with Gasteiger partial charge in [-0.25, -0.2) is 4.98 Å². The minimum absolute atomic E-state index is 0.681. The highest BCUT2D eigenvalue weighted by atomic mass is 15.1. The van der Waals surface area contributed by atoms with E-state index in [1.165, 1.54) is 44.2 Å². The van der Waals surface area contributed by atoms with Gasteiger partial charge < -0.3 is 9.88 Å². The Morgan fingerprint density at radius 3 is 2.56 bits per heavy atom. The van der Waals surface area contributed by atoms with Crippen molar-refractivity contribution in [3.8, 4) is 0 Å². The van der Waals surface area contributed by atoms with Crippen molar-refractivity contribution in [1.29, 1.82) is 0 Å². The van der Waals surface area contributed by atoms with Crippen LogP contribution in [0.15, 0.2) is 12.5 Å². The number of nitrogens with zero attached hydrogens (tertiary/aromatic N) is 2. The number of hydrogen-bond donors (Lipinski definition) is 1. The fraction of sp³-hybridized carbons (Fsp3) is 0.800. The number of piperidine rings is 1. The van der Waals surface area contributed by atoms with Gasteiger partial charge in [-0.05, 0) is 38.5 Å². The van der Waals surface area contributed by atoms with Crippen LogP contribution in [0.1, 0.15) is 70.0 Å². The third-order valence-corrected chi connectivity index (χ3v) is 4.94. The first kappa shape index (κ1) is 12.2. The van der Waals surface area contributed by atoms with E-state index < -0.39 is 0 Å². The summed E-state index contributed by atoms with van der Waals surface area (Å²) in [6.45, 7) is 4.58. The summed E-state index contributed by atoms with van der Waals surface area (Å²) in [5, 5.41) is 3.73. The molecule has 0 aliphatic carbocycles. The van der Waals surface area contributed by atoms with E-state index in [-0.39, 0.29) is 0 Å². The predicted octanol–water partition coefficient (Wildman–Crippen LogP) is 3.24. The molecule has 2 saturated heterocycles. The fourth-order valence-electron chi connectivity index (χ4n) is 3.90. The Labute approximate surface area is 110 Å². The van der Waals surface area contributed by atoms with Crippen LogP contribution in [0.2, 0.25) is 0 Å². The Balaban J connectivity index is 1.82. The van der Waals surface area contributed by atoms with Gasteiger partial charge in [0.1, 0.15) is 0 Å².